The average molecular weight is 553 g/mol. The first-order valence-corrected chi connectivity index (χ1v) is 14.4. The number of rotatable bonds is 4. The molecule has 7 rings (SSSR count). The van der Waals surface area contributed by atoms with Gasteiger partial charge < -0.3 is 10.2 Å². The lowest BCUT2D eigenvalue weighted by Crippen LogP contribution is -2.51. The van der Waals surface area contributed by atoms with Gasteiger partial charge in [0, 0.05) is 28.1 Å². The Kier molecular flexibility index (Phi) is 5.84. The van der Waals surface area contributed by atoms with Crippen LogP contribution in [-0.4, -0.2) is 29.6 Å². The van der Waals surface area contributed by atoms with Gasteiger partial charge in [-0.1, -0.05) is 95.6 Å². The van der Waals surface area contributed by atoms with Crippen LogP contribution in [-0.2, 0) is 10.2 Å². The summed E-state index contributed by atoms with van der Waals surface area (Å²) in [5.74, 6) is -1.60. The maximum Gasteiger partial charge on any atom is 0.238 e. The van der Waals surface area contributed by atoms with Crippen LogP contribution in [0.1, 0.15) is 55.5 Å². The molecule has 0 saturated carbocycles. The molecular weight excluding hydrogens is 520 g/mol. The van der Waals surface area contributed by atoms with Crippen LogP contribution in [0, 0.1) is 26.7 Å². The lowest BCUT2D eigenvalue weighted by molar-refractivity contribution is -0.121. The molecule has 1 saturated heterocycles. The molecule has 4 atom stereocenters. The zero-order valence-corrected chi connectivity index (χ0v) is 24.1. The second-order valence-corrected chi connectivity index (χ2v) is 12.0. The lowest BCUT2D eigenvalue weighted by Gasteiger charge is -2.39. The number of allylic oxidation sites excluding steroid dienone is 1. The van der Waals surface area contributed by atoms with Crippen molar-refractivity contribution in [3.63, 3.8) is 0 Å². The molecular formula is C37H32N2O3. The molecule has 0 aliphatic carbocycles. The molecule has 1 amide bonds. The molecule has 5 nitrogen and oxygen atoms in total. The predicted molar refractivity (Wildman–Crippen MR) is 166 cm³/mol. The number of Topliss-reactive ketones (excluding diaryl/α,β-unsaturated/α-hetero) is 2. The van der Waals surface area contributed by atoms with Crippen LogP contribution < -0.4 is 10.2 Å². The monoisotopic (exact) mass is 552 g/mol. The molecule has 1 fully saturated rings. The van der Waals surface area contributed by atoms with E-state index < -0.39 is 23.4 Å². The first kappa shape index (κ1) is 26.1. The summed E-state index contributed by atoms with van der Waals surface area (Å²) in [6.07, 6.45) is 2.10. The third-order valence-electron chi connectivity index (χ3n) is 9.36. The summed E-state index contributed by atoms with van der Waals surface area (Å²) in [5.41, 5.74) is 7.23. The van der Waals surface area contributed by atoms with E-state index in [9.17, 15) is 14.4 Å². The van der Waals surface area contributed by atoms with E-state index in [2.05, 4.69) is 22.4 Å². The molecule has 4 aromatic rings. The Morgan fingerprint density at radius 3 is 2.00 bits per heavy atom. The molecule has 3 heterocycles. The van der Waals surface area contributed by atoms with Gasteiger partial charge in [-0.05, 0) is 57.0 Å². The fourth-order valence-electron chi connectivity index (χ4n) is 7.33. The minimum Gasteiger partial charge on any atom is -0.352 e. The summed E-state index contributed by atoms with van der Waals surface area (Å²) in [6, 6.07) is 27.3. The number of para-hydroxylation sites is 1. The Balaban J connectivity index is 1.55. The highest BCUT2D eigenvalue weighted by molar-refractivity contribution is 6.18. The number of hydrogen-bond acceptors (Lipinski definition) is 4. The SMILES string of the molecule is CC1=C[C@@H]2N(c3ccc(C)cc31)[C@H](C(=O)c1ccc(C)cc1)[C@@H](C(=O)c1ccc(C)cc1)[C@@]21C(=O)Nc2ccccc21. The van der Waals surface area contributed by atoms with Gasteiger partial charge in [0.05, 0.1) is 12.0 Å². The molecule has 3 aliphatic rings. The molecule has 1 N–H and O–H groups in total. The van der Waals surface area contributed by atoms with E-state index in [1.54, 1.807) is 0 Å². The normalized spacial score (nSPS) is 23.6. The van der Waals surface area contributed by atoms with Gasteiger partial charge in [0.15, 0.2) is 11.6 Å². The number of hydrogen-bond donors (Lipinski definition) is 1. The van der Waals surface area contributed by atoms with Crippen molar-refractivity contribution in [2.45, 2.75) is 45.2 Å². The molecule has 208 valence electrons. The van der Waals surface area contributed by atoms with Crippen LogP contribution >= 0.6 is 0 Å². The van der Waals surface area contributed by atoms with Gasteiger partial charge in [-0.15, -0.1) is 0 Å². The first-order valence-electron chi connectivity index (χ1n) is 14.4. The molecule has 42 heavy (non-hydrogen) atoms. The number of amides is 1. The highest BCUT2D eigenvalue weighted by Gasteiger charge is 2.70. The summed E-state index contributed by atoms with van der Waals surface area (Å²) >= 11 is 0. The van der Waals surface area contributed by atoms with Crippen molar-refractivity contribution in [3.8, 4) is 0 Å². The minimum atomic E-state index is -1.31. The Labute approximate surface area is 245 Å². The van der Waals surface area contributed by atoms with Gasteiger partial charge in [0.1, 0.15) is 11.5 Å². The van der Waals surface area contributed by atoms with E-state index in [0.717, 1.165) is 39.1 Å². The summed E-state index contributed by atoms with van der Waals surface area (Å²) in [7, 11) is 0. The lowest BCUT2D eigenvalue weighted by atomic mass is 9.64. The van der Waals surface area contributed by atoms with Crippen molar-refractivity contribution >= 4 is 34.4 Å². The maximum absolute atomic E-state index is 14.9. The number of carbonyl (C=O) groups is 3. The van der Waals surface area contributed by atoms with E-state index in [1.807, 2.05) is 113 Å². The van der Waals surface area contributed by atoms with E-state index in [1.165, 1.54) is 0 Å². The molecule has 0 aromatic heterocycles. The van der Waals surface area contributed by atoms with Gasteiger partial charge in [0.2, 0.25) is 5.91 Å². The van der Waals surface area contributed by atoms with Gasteiger partial charge >= 0.3 is 0 Å². The third kappa shape index (κ3) is 3.59. The summed E-state index contributed by atoms with van der Waals surface area (Å²) in [4.78, 5) is 46.2. The number of anilines is 2. The zero-order chi connectivity index (χ0) is 29.3. The summed E-state index contributed by atoms with van der Waals surface area (Å²) in [5, 5.41) is 3.10. The van der Waals surface area contributed by atoms with Crippen molar-refractivity contribution in [1.82, 2.24) is 0 Å². The standard InChI is InChI=1S/C37H32N2O3/c1-21-9-14-25(15-10-21)34(40)32-33(35(41)26-16-11-22(2)12-17-26)39-30-18-13-23(3)19-27(30)24(4)20-31(39)37(32)28-7-5-6-8-29(28)38-36(37)42/h5-20,31-33H,1-4H3,(H,38,42)/t31-,32-,33-,37-/m0/s1. The molecule has 0 radical (unpaired) electrons. The highest BCUT2D eigenvalue weighted by Crippen LogP contribution is 2.58. The topological polar surface area (TPSA) is 66.5 Å². The number of ketones is 2. The fourth-order valence-corrected chi connectivity index (χ4v) is 7.33. The van der Waals surface area contributed by atoms with E-state index in [-0.39, 0.29) is 17.5 Å². The Hall–Kier alpha value is -4.77. The predicted octanol–water partition coefficient (Wildman–Crippen LogP) is 6.86. The van der Waals surface area contributed by atoms with Crippen molar-refractivity contribution in [3.05, 3.63) is 136 Å². The fraction of sp³-hybridized carbons (Fsp3) is 0.216. The summed E-state index contributed by atoms with van der Waals surface area (Å²) < 4.78 is 0. The number of nitrogens with zero attached hydrogens (tertiary/aromatic N) is 1. The molecule has 0 bridgehead atoms. The molecule has 5 heteroatoms. The number of benzene rings is 4. The van der Waals surface area contributed by atoms with E-state index in [0.29, 0.717) is 16.8 Å². The van der Waals surface area contributed by atoms with Gasteiger partial charge in [-0.3, -0.25) is 14.4 Å². The van der Waals surface area contributed by atoms with E-state index >= 15 is 0 Å². The minimum absolute atomic E-state index is 0.168. The van der Waals surface area contributed by atoms with Crippen molar-refractivity contribution < 1.29 is 14.4 Å². The first-order chi connectivity index (χ1) is 20.2. The zero-order valence-electron chi connectivity index (χ0n) is 24.1. The molecule has 3 aliphatic heterocycles. The number of aryl methyl sites for hydroxylation is 3. The smallest absolute Gasteiger partial charge is 0.238 e. The van der Waals surface area contributed by atoms with Crippen LogP contribution in [0.3, 0.4) is 0 Å². The van der Waals surface area contributed by atoms with Gasteiger partial charge in [-0.25, -0.2) is 0 Å². The Bertz CT molecular complexity index is 1820. The second kappa shape index (κ2) is 9.38. The van der Waals surface area contributed by atoms with Gasteiger partial charge in [0.25, 0.3) is 0 Å². The second-order valence-electron chi connectivity index (χ2n) is 12.0. The molecule has 4 aromatic carbocycles. The largest absolute Gasteiger partial charge is 0.352 e. The van der Waals surface area contributed by atoms with Crippen LogP contribution in [0.2, 0.25) is 0 Å². The van der Waals surface area contributed by atoms with Crippen LogP contribution in [0.25, 0.3) is 5.57 Å². The van der Waals surface area contributed by atoms with E-state index in [4.69, 9.17) is 0 Å². The van der Waals surface area contributed by atoms with Crippen LogP contribution in [0.15, 0.2) is 97.1 Å². The number of carbonyl (C=O) groups excluding carboxylic acids is 3. The number of nitrogens with one attached hydrogen (secondary N) is 1. The molecule has 1 spiro atoms. The molecule has 0 unspecified atom stereocenters. The maximum atomic E-state index is 14.9. The van der Waals surface area contributed by atoms with Crippen LogP contribution in [0.5, 0.6) is 0 Å². The van der Waals surface area contributed by atoms with Crippen molar-refractivity contribution in [2.75, 3.05) is 10.2 Å². The average Bonchev–Trinajstić information content (AvgIpc) is 3.45. The Morgan fingerprint density at radius 1 is 0.738 bits per heavy atom. The number of fused-ring (bicyclic) bond motifs is 6. The summed E-state index contributed by atoms with van der Waals surface area (Å²) in [6.45, 7) is 8.05. The highest BCUT2D eigenvalue weighted by atomic mass is 16.2. The van der Waals surface area contributed by atoms with Crippen molar-refractivity contribution in [2.24, 2.45) is 5.92 Å². The van der Waals surface area contributed by atoms with Gasteiger partial charge in [-0.2, -0.15) is 0 Å². The quantitative estimate of drug-likeness (QED) is 0.281. The Morgan fingerprint density at radius 2 is 1.33 bits per heavy atom. The van der Waals surface area contributed by atoms with Crippen LogP contribution in [0.4, 0.5) is 11.4 Å². The van der Waals surface area contributed by atoms with Crippen molar-refractivity contribution in [1.29, 1.82) is 0 Å². The third-order valence-corrected chi connectivity index (χ3v) is 9.36.